The number of benzene rings is 1. The number of pyridine rings is 1. The van der Waals surface area contributed by atoms with Crippen LogP contribution in [0.15, 0.2) is 82.5 Å². The number of hydrogen-bond acceptors (Lipinski definition) is 4. The minimum atomic E-state index is -0.178. The average molecular weight is 382 g/mol. The Hall–Kier alpha value is -3.93. The van der Waals surface area contributed by atoms with Gasteiger partial charge in [-0.25, -0.2) is 4.98 Å². The number of nitrogens with zero attached hydrogens (tertiary/aromatic N) is 4. The third kappa shape index (κ3) is 2.69. The summed E-state index contributed by atoms with van der Waals surface area (Å²) in [5.41, 5.74) is 3.60. The third-order valence-corrected chi connectivity index (χ3v) is 5.18. The van der Waals surface area contributed by atoms with E-state index in [0.717, 1.165) is 33.8 Å². The van der Waals surface area contributed by atoms with E-state index in [9.17, 15) is 4.79 Å². The Morgan fingerprint density at radius 2 is 1.86 bits per heavy atom. The molecule has 6 nitrogen and oxygen atoms in total. The highest BCUT2D eigenvalue weighted by molar-refractivity contribution is 5.88. The third-order valence-electron chi connectivity index (χ3n) is 5.18. The lowest BCUT2D eigenvalue weighted by molar-refractivity contribution is 0.582. The summed E-state index contributed by atoms with van der Waals surface area (Å²) in [6, 6.07) is 17.3. The first-order chi connectivity index (χ1) is 14.1. The molecule has 0 radical (unpaired) electrons. The summed E-state index contributed by atoms with van der Waals surface area (Å²) in [5, 5.41) is 5.84. The maximum Gasteiger partial charge on any atom is 0.282 e. The highest BCUT2D eigenvalue weighted by Crippen LogP contribution is 2.29. The van der Waals surface area contributed by atoms with Crippen LogP contribution in [0.3, 0.4) is 0 Å². The zero-order valence-electron chi connectivity index (χ0n) is 16.0. The largest absolute Gasteiger partial charge is 0.464 e. The van der Waals surface area contributed by atoms with Crippen molar-refractivity contribution in [1.29, 1.82) is 0 Å². The monoisotopic (exact) mass is 382 g/mol. The Balaban J connectivity index is 1.74. The molecule has 0 aliphatic carbocycles. The smallest absolute Gasteiger partial charge is 0.282 e. The second-order valence-electron chi connectivity index (χ2n) is 6.87. The van der Waals surface area contributed by atoms with Crippen molar-refractivity contribution in [2.75, 3.05) is 0 Å². The second kappa shape index (κ2) is 6.60. The van der Waals surface area contributed by atoms with Gasteiger partial charge in [0.15, 0.2) is 5.82 Å². The van der Waals surface area contributed by atoms with E-state index < -0.39 is 0 Å². The predicted octanol–water partition coefficient (Wildman–Crippen LogP) is 4.45. The maximum atomic E-state index is 13.2. The molecule has 0 N–H and O–H groups in total. The summed E-state index contributed by atoms with van der Waals surface area (Å²) >= 11 is 0. The fourth-order valence-corrected chi connectivity index (χ4v) is 3.83. The number of fused-ring (bicyclic) bond motifs is 1. The minimum absolute atomic E-state index is 0.178. The lowest BCUT2D eigenvalue weighted by Gasteiger charge is -2.10. The van der Waals surface area contributed by atoms with Gasteiger partial charge in [-0.15, -0.1) is 0 Å². The molecular weight excluding hydrogens is 364 g/mol. The molecule has 4 aromatic heterocycles. The first kappa shape index (κ1) is 17.2. The van der Waals surface area contributed by atoms with E-state index in [1.807, 2.05) is 56.3 Å². The molecule has 0 amide bonds. The van der Waals surface area contributed by atoms with Gasteiger partial charge in [0.1, 0.15) is 5.76 Å². The van der Waals surface area contributed by atoms with E-state index in [0.29, 0.717) is 11.2 Å². The predicted molar refractivity (Wildman–Crippen MR) is 112 cm³/mol. The van der Waals surface area contributed by atoms with Crippen molar-refractivity contribution in [1.82, 2.24) is 19.3 Å². The number of rotatable bonds is 3. The van der Waals surface area contributed by atoms with Gasteiger partial charge in [-0.2, -0.15) is 9.78 Å². The van der Waals surface area contributed by atoms with Crippen molar-refractivity contribution in [2.24, 2.45) is 0 Å². The van der Waals surface area contributed by atoms with Crippen LogP contribution in [0.25, 0.3) is 33.6 Å². The highest BCUT2D eigenvalue weighted by atomic mass is 16.3. The lowest BCUT2D eigenvalue weighted by atomic mass is 10.1. The fraction of sp³-hybridized carbons (Fsp3) is 0.0870. The van der Waals surface area contributed by atoms with Crippen LogP contribution < -0.4 is 5.56 Å². The molecule has 29 heavy (non-hydrogen) atoms. The van der Waals surface area contributed by atoms with E-state index >= 15 is 0 Å². The Morgan fingerprint density at radius 1 is 0.966 bits per heavy atom. The summed E-state index contributed by atoms with van der Waals surface area (Å²) < 4.78 is 8.97. The normalized spacial score (nSPS) is 11.2. The molecule has 6 heteroatoms. The Morgan fingerprint density at radius 3 is 2.62 bits per heavy atom. The summed E-state index contributed by atoms with van der Waals surface area (Å²) in [4.78, 5) is 17.5. The number of aryl methyl sites for hydroxylation is 2. The van der Waals surface area contributed by atoms with Crippen molar-refractivity contribution >= 4 is 10.8 Å². The van der Waals surface area contributed by atoms with Gasteiger partial charge in [-0.3, -0.25) is 4.79 Å². The highest BCUT2D eigenvalue weighted by Gasteiger charge is 2.18. The molecule has 5 rings (SSSR count). The van der Waals surface area contributed by atoms with Crippen molar-refractivity contribution in [3.05, 3.63) is 95.0 Å². The van der Waals surface area contributed by atoms with Crippen molar-refractivity contribution in [3.63, 3.8) is 0 Å². The first-order valence-electron chi connectivity index (χ1n) is 9.31. The van der Waals surface area contributed by atoms with Gasteiger partial charge in [0.05, 0.1) is 17.8 Å². The Kier molecular flexibility index (Phi) is 3.91. The summed E-state index contributed by atoms with van der Waals surface area (Å²) in [7, 11) is 0. The molecule has 0 atom stereocenters. The van der Waals surface area contributed by atoms with Crippen LogP contribution >= 0.6 is 0 Å². The quantitative estimate of drug-likeness (QED) is 0.462. The minimum Gasteiger partial charge on any atom is -0.464 e. The van der Waals surface area contributed by atoms with Crippen molar-refractivity contribution < 1.29 is 4.42 Å². The Bertz CT molecular complexity index is 1380. The van der Waals surface area contributed by atoms with E-state index in [1.165, 1.54) is 4.68 Å². The molecule has 5 aromatic rings. The molecule has 0 spiro atoms. The SMILES string of the molecule is Cc1c2cnn(-c3ccccn3)c(=O)c2c(C)n1-c1cccc(-c2ccco2)c1. The molecule has 0 bridgehead atoms. The maximum absolute atomic E-state index is 13.2. The average Bonchev–Trinajstić information content (AvgIpc) is 3.37. The number of furan rings is 1. The molecule has 1 aromatic carbocycles. The molecule has 142 valence electrons. The number of hydrogen-bond donors (Lipinski definition) is 0. The standard InChI is InChI=1S/C23H18N4O2/c1-15-19-14-25-27(21-10-3-4-11-24-21)23(28)22(19)16(2)26(15)18-8-5-7-17(13-18)20-9-6-12-29-20/h3-14H,1-2H3. The zero-order chi connectivity index (χ0) is 20.0. The molecular formula is C23H18N4O2. The fourth-order valence-electron chi connectivity index (χ4n) is 3.83. The summed E-state index contributed by atoms with van der Waals surface area (Å²) in [5.74, 6) is 1.31. The van der Waals surface area contributed by atoms with Crippen LogP contribution in [-0.2, 0) is 0 Å². The Labute approximate surface area is 166 Å². The molecule has 0 aliphatic heterocycles. The van der Waals surface area contributed by atoms with E-state index in [2.05, 4.69) is 20.7 Å². The molecule has 4 heterocycles. The van der Waals surface area contributed by atoms with Crippen molar-refractivity contribution in [2.45, 2.75) is 13.8 Å². The van der Waals surface area contributed by atoms with E-state index in [4.69, 9.17) is 4.42 Å². The van der Waals surface area contributed by atoms with E-state index in [1.54, 1.807) is 24.7 Å². The van der Waals surface area contributed by atoms with Crippen LogP contribution in [0.5, 0.6) is 0 Å². The summed E-state index contributed by atoms with van der Waals surface area (Å²) in [6.45, 7) is 3.96. The summed E-state index contributed by atoms with van der Waals surface area (Å²) in [6.07, 6.45) is 5.05. The van der Waals surface area contributed by atoms with Gasteiger partial charge in [-0.1, -0.05) is 18.2 Å². The molecule has 0 saturated carbocycles. The van der Waals surface area contributed by atoms with E-state index in [-0.39, 0.29) is 5.56 Å². The van der Waals surface area contributed by atoms with Crippen LogP contribution in [0, 0.1) is 13.8 Å². The zero-order valence-corrected chi connectivity index (χ0v) is 16.0. The second-order valence-corrected chi connectivity index (χ2v) is 6.87. The van der Waals surface area contributed by atoms with Gasteiger partial charge in [0.25, 0.3) is 5.56 Å². The number of aromatic nitrogens is 4. The van der Waals surface area contributed by atoms with Crippen LogP contribution in [0.2, 0.25) is 0 Å². The molecule has 0 unspecified atom stereocenters. The van der Waals surface area contributed by atoms with Crippen molar-refractivity contribution in [3.8, 4) is 22.8 Å². The van der Waals surface area contributed by atoms with Crippen LogP contribution in [0.1, 0.15) is 11.4 Å². The van der Waals surface area contributed by atoms with Gasteiger partial charge < -0.3 is 8.98 Å². The van der Waals surface area contributed by atoms with Gasteiger partial charge in [0, 0.05) is 34.2 Å². The molecule has 0 aliphatic rings. The van der Waals surface area contributed by atoms with Gasteiger partial charge in [0.2, 0.25) is 0 Å². The lowest BCUT2D eigenvalue weighted by Crippen LogP contribution is -2.21. The van der Waals surface area contributed by atoms with Crippen LogP contribution in [-0.4, -0.2) is 19.3 Å². The molecule has 0 fully saturated rings. The topological polar surface area (TPSA) is 65.8 Å². The van der Waals surface area contributed by atoms with Crippen LogP contribution in [0.4, 0.5) is 0 Å². The van der Waals surface area contributed by atoms with Gasteiger partial charge in [-0.05, 0) is 50.2 Å². The van der Waals surface area contributed by atoms with Gasteiger partial charge >= 0.3 is 0 Å². The first-order valence-corrected chi connectivity index (χ1v) is 9.31. The molecule has 0 saturated heterocycles.